The third kappa shape index (κ3) is 5.51. The molecule has 1 fully saturated rings. The van der Waals surface area contributed by atoms with Gasteiger partial charge in [0.25, 0.3) is 11.7 Å². The molecule has 2 amide bonds. The second kappa shape index (κ2) is 10.7. The standard InChI is InChI=1S/C26H26N2O6S/c29-18-10-6-9-17(13-18)27-25(33)23(16-7-2-1-3-8-16)28(14-22(30)31)26(34)24(32)20-15-35-21-12-5-4-11-19(20)21/h4-6,9-13,15-16,23,29H,1-3,7-8,14H2,(H,27,33)(H,30,31). The molecule has 8 nitrogen and oxygen atoms in total. The molecule has 1 aliphatic carbocycles. The average molecular weight is 495 g/mol. The number of phenolic OH excluding ortho intramolecular Hbond substituents is 1. The van der Waals surface area contributed by atoms with Gasteiger partial charge in [-0.15, -0.1) is 11.3 Å². The van der Waals surface area contributed by atoms with Crippen molar-refractivity contribution in [3.05, 3.63) is 59.5 Å². The van der Waals surface area contributed by atoms with Crippen LogP contribution in [0.25, 0.3) is 10.1 Å². The van der Waals surface area contributed by atoms with Crippen LogP contribution in [-0.2, 0) is 14.4 Å². The quantitative estimate of drug-likeness (QED) is 0.317. The van der Waals surface area contributed by atoms with Crippen LogP contribution in [0.1, 0.15) is 42.5 Å². The summed E-state index contributed by atoms with van der Waals surface area (Å²) in [5.41, 5.74) is 0.510. The molecule has 1 unspecified atom stereocenters. The molecule has 0 spiro atoms. The fourth-order valence-corrected chi connectivity index (χ4v) is 5.64. The number of phenols is 1. The van der Waals surface area contributed by atoms with Crippen molar-refractivity contribution in [2.24, 2.45) is 5.92 Å². The van der Waals surface area contributed by atoms with Gasteiger partial charge in [0.05, 0.1) is 0 Å². The Morgan fingerprint density at radius 2 is 1.77 bits per heavy atom. The number of carbonyl (C=O) groups is 4. The predicted octanol–water partition coefficient (Wildman–Crippen LogP) is 4.29. The molecule has 1 aromatic heterocycles. The number of aliphatic carboxylic acids is 1. The zero-order valence-corrected chi connectivity index (χ0v) is 19.8. The summed E-state index contributed by atoms with van der Waals surface area (Å²) in [7, 11) is 0. The third-order valence-corrected chi connectivity index (χ3v) is 7.26. The highest BCUT2D eigenvalue weighted by atomic mass is 32.1. The van der Waals surface area contributed by atoms with Crippen molar-refractivity contribution in [1.29, 1.82) is 0 Å². The summed E-state index contributed by atoms with van der Waals surface area (Å²) >= 11 is 1.32. The first-order chi connectivity index (χ1) is 16.8. The number of fused-ring (bicyclic) bond motifs is 1. The lowest BCUT2D eigenvalue weighted by molar-refractivity contribution is -0.147. The van der Waals surface area contributed by atoms with E-state index in [-0.39, 0.29) is 17.2 Å². The van der Waals surface area contributed by atoms with E-state index in [0.29, 0.717) is 23.9 Å². The Bertz CT molecular complexity index is 1260. The molecule has 1 atom stereocenters. The SMILES string of the molecule is O=C(O)CN(C(=O)C(=O)c1csc2ccccc12)C(C(=O)Nc1cccc(O)c1)C1CCCCC1. The number of thiophene rings is 1. The third-order valence-electron chi connectivity index (χ3n) is 6.30. The summed E-state index contributed by atoms with van der Waals surface area (Å²) in [5, 5.41) is 24.3. The van der Waals surface area contributed by atoms with E-state index < -0.39 is 36.2 Å². The average Bonchev–Trinajstić information content (AvgIpc) is 3.27. The Morgan fingerprint density at radius 1 is 1.03 bits per heavy atom. The molecule has 0 bridgehead atoms. The van der Waals surface area contributed by atoms with Gasteiger partial charge in [-0.1, -0.05) is 43.5 Å². The van der Waals surface area contributed by atoms with Crippen molar-refractivity contribution in [3.8, 4) is 5.75 Å². The minimum Gasteiger partial charge on any atom is -0.508 e. The number of benzene rings is 2. The Balaban J connectivity index is 1.69. The first kappa shape index (κ1) is 24.4. The molecule has 182 valence electrons. The van der Waals surface area contributed by atoms with Crippen LogP contribution >= 0.6 is 11.3 Å². The lowest BCUT2D eigenvalue weighted by Gasteiger charge is -2.36. The molecule has 0 aliphatic heterocycles. The number of rotatable bonds is 8. The largest absolute Gasteiger partial charge is 0.508 e. The van der Waals surface area contributed by atoms with Crippen LogP contribution in [0.2, 0.25) is 0 Å². The van der Waals surface area contributed by atoms with E-state index in [4.69, 9.17) is 0 Å². The van der Waals surface area contributed by atoms with Gasteiger partial charge in [0, 0.05) is 32.8 Å². The molecule has 2 aromatic carbocycles. The highest BCUT2D eigenvalue weighted by Gasteiger charge is 2.40. The number of hydrogen-bond acceptors (Lipinski definition) is 6. The van der Waals surface area contributed by atoms with Crippen LogP contribution in [0.3, 0.4) is 0 Å². The molecule has 35 heavy (non-hydrogen) atoms. The van der Waals surface area contributed by atoms with Crippen molar-refractivity contribution in [2.45, 2.75) is 38.1 Å². The number of hydrogen-bond donors (Lipinski definition) is 3. The first-order valence-electron chi connectivity index (χ1n) is 11.5. The summed E-state index contributed by atoms with van der Waals surface area (Å²) in [6.07, 6.45) is 3.95. The molecule has 3 N–H and O–H groups in total. The minimum atomic E-state index is -1.31. The fraction of sp³-hybridized carbons (Fsp3) is 0.308. The summed E-state index contributed by atoms with van der Waals surface area (Å²) in [4.78, 5) is 53.0. The number of carbonyl (C=O) groups excluding carboxylic acids is 3. The minimum absolute atomic E-state index is 0.0463. The summed E-state index contributed by atoms with van der Waals surface area (Å²) in [6.45, 7) is -0.777. The van der Waals surface area contributed by atoms with Crippen LogP contribution in [0.15, 0.2) is 53.9 Å². The van der Waals surface area contributed by atoms with Crippen molar-refractivity contribution < 1.29 is 29.4 Å². The monoisotopic (exact) mass is 494 g/mol. The number of nitrogens with zero attached hydrogens (tertiary/aromatic N) is 1. The number of anilines is 1. The van der Waals surface area contributed by atoms with Crippen molar-refractivity contribution in [3.63, 3.8) is 0 Å². The first-order valence-corrected chi connectivity index (χ1v) is 12.4. The van der Waals surface area contributed by atoms with Gasteiger partial charge in [-0.25, -0.2) is 0 Å². The molecule has 1 heterocycles. The van der Waals surface area contributed by atoms with Crippen molar-refractivity contribution in [1.82, 2.24) is 4.90 Å². The lowest BCUT2D eigenvalue weighted by atomic mass is 9.82. The van der Waals surface area contributed by atoms with Gasteiger partial charge in [-0.3, -0.25) is 19.2 Å². The molecular formula is C26H26N2O6S. The van der Waals surface area contributed by atoms with Gasteiger partial charge in [0.2, 0.25) is 5.91 Å². The molecule has 1 aliphatic rings. The summed E-state index contributed by atoms with van der Waals surface area (Å²) in [6, 6.07) is 12.0. The zero-order valence-electron chi connectivity index (χ0n) is 19.0. The van der Waals surface area contributed by atoms with E-state index in [1.165, 1.54) is 23.5 Å². The number of aromatic hydroxyl groups is 1. The molecule has 1 saturated carbocycles. The predicted molar refractivity (Wildman–Crippen MR) is 133 cm³/mol. The van der Waals surface area contributed by atoms with E-state index in [1.807, 2.05) is 12.1 Å². The second-order valence-electron chi connectivity index (χ2n) is 8.68. The van der Waals surface area contributed by atoms with Gasteiger partial charge < -0.3 is 20.4 Å². The molecule has 4 rings (SSSR count). The summed E-state index contributed by atoms with van der Waals surface area (Å²) < 4.78 is 0.832. The van der Waals surface area contributed by atoms with Gasteiger partial charge >= 0.3 is 5.97 Å². The van der Waals surface area contributed by atoms with E-state index in [0.717, 1.165) is 28.9 Å². The van der Waals surface area contributed by atoms with Crippen LogP contribution in [0.4, 0.5) is 5.69 Å². The number of carboxylic acid groups (broad SMARTS) is 1. The zero-order chi connectivity index (χ0) is 24.9. The van der Waals surface area contributed by atoms with Gasteiger partial charge in [-0.05, 0) is 37.0 Å². The number of amides is 2. The molecular weight excluding hydrogens is 468 g/mol. The molecule has 3 aromatic rings. The van der Waals surface area contributed by atoms with Crippen molar-refractivity contribution >= 4 is 50.7 Å². The maximum Gasteiger partial charge on any atom is 0.323 e. The van der Waals surface area contributed by atoms with E-state index in [1.54, 1.807) is 29.6 Å². The highest BCUT2D eigenvalue weighted by molar-refractivity contribution is 7.17. The Hall–Kier alpha value is -3.72. The molecule has 9 heteroatoms. The molecule has 0 saturated heterocycles. The normalized spacial score (nSPS) is 14.9. The topological polar surface area (TPSA) is 124 Å². The van der Waals surface area contributed by atoms with E-state index in [2.05, 4.69) is 5.32 Å². The van der Waals surface area contributed by atoms with Crippen LogP contribution < -0.4 is 5.32 Å². The fourth-order valence-electron chi connectivity index (χ4n) is 4.70. The van der Waals surface area contributed by atoms with Crippen LogP contribution in [0.5, 0.6) is 5.75 Å². The smallest absolute Gasteiger partial charge is 0.323 e. The highest BCUT2D eigenvalue weighted by Crippen LogP contribution is 2.32. The maximum atomic E-state index is 13.5. The van der Waals surface area contributed by atoms with Crippen molar-refractivity contribution in [2.75, 3.05) is 11.9 Å². The molecule has 0 radical (unpaired) electrons. The number of carboxylic acids is 1. The Morgan fingerprint density at radius 3 is 2.49 bits per heavy atom. The summed E-state index contributed by atoms with van der Waals surface area (Å²) in [5.74, 6) is -4.09. The number of nitrogens with one attached hydrogen (secondary N) is 1. The van der Waals surface area contributed by atoms with Crippen LogP contribution in [-0.4, -0.2) is 51.3 Å². The van der Waals surface area contributed by atoms with E-state index in [9.17, 15) is 29.4 Å². The number of Topliss-reactive ketones (excluding diaryl/α,β-unsaturated/α-hetero) is 1. The number of ketones is 1. The lowest BCUT2D eigenvalue weighted by Crippen LogP contribution is -2.55. The van der Waals surface area contributed by atoms with Gasteiger partial charge in [-0.2, -0.15) is 0 Å². The van der Waals surface area contributed by atoms with Gasteiger partial charge in [0.1, 0.15) is 18.3 Å². The Kier molecular flexibility index (Phi) is 7.45. The van der Waals surface area contributed by atoms with E-state index >= 15 is 0 Å². The Labute approximate surface area is 206 Å². The van der Waals surface area contributed by atoms with Gasteiger partial charge in [0.15, 0.2) is 0 Å². The second-order valence-corrected chi connectivity index (χ2v) is 9.60. The maximum absolute atomic E-state index is 13.5. The van der Waals surface area contributed by atoms with Crippen LogP contribution in [0, 0.1) is 5.92 Å².